The van der Waals surface area contributed by atoms with Crippen molar-refractivity contribution in [3.8, 4) is 0 Å². The molecular weight excluding hydrogens is 257 g/mol. The Balaban J connectivity index is 1.90. The molecule has 1 aromatic heterocycles. The molecule has 0 aliphatic heterocycles. The summed E-state index contributed by atoms with van der Waals surface area (Å²) in [5.41, 5.74) is 5.11. The largest absolute Gasteiger partial charge is 0.329 e. The van der Waals surface area contributed by atoms with E-state index in [2.05, 4.69) is 15.5 Å². The van der Waals surface area contributed by atoms with E-state index >= 15 is 0 Å². The number of rotatable bonds is 5. The van der Waals surface area contributed by atoms with Gasteiger partial charge in [-0.3, -0.25) is 10.2 Å². The van der Waals surface area contributed by atoms with Gasteiger partial charge in [0.15, 0.2) is 0 Å². The van der Waals surface area contributed by atoms with Gasteiger partial charge < -0.3 is 4.98 Å². The molecule has 20 heavy (non-hydrogen) atoms. The number of hydrogen-bond acceptors (Lipinski definition) is 3. The summed E-state index contributed by atoms with van der Waals surface area (Å²) >= 11 is 0. The Morgan fingerprint density at radius 2 is 2.20 bits per heavy atom. The highest BCUT2D eigenvalue weighted by atomic mass is 19.1. The standard InChI is InChI=1S/C15H16FN3O/c1-11(5-6-12-3-2-4-13(16)9-12)18-19-14-7-8-17-15(20)10-14/h2-4,7-10H,5-6H2,1H3,(H2,17,19,20). The topological polar surface area (TPSA) is 57.2 Å². The SMILES string of the molecule is CC(CCc1cccc(F)c1)=NNc1cc[nH]c(=O)c1. The molecule has 1 heterocycles. The number of hydrazone groups is 1. The summed E-state index contributed by atoms with van der Waals surface area (Å²) in [6.45, 7) is 1.89. The Morgan fingerprint density at radius 3 is 2.95 bits per heavy atom. The molecule has 0 aliphatic carbocycles. The van der Waals surface area contributed by atoms with Gasteiger partial charge in [-0.1, -0.05) is 12.1 Å². The van der Waals surface area contributed by atoms with Crippen molar-refractivity contribution in [3.63, 3.8) is 0 Å². The molecule has 0 fully saturated rings. The van der Waals surface area contributed by atoms with E-state index in [1.54, 1.807) is 18.3 Å². The second kappa shape index (κ2) is 6.65. The summed E-state index contributed by atoms with van der Waals surface area (Å²) in [5, 5.41) is 4.19. The van der Waals surface area contributed by atoms with E-state index in [4.69, 9.17) is 0 Å². The molecule has 1 aromatic carbocycles. The molecule has 0 radical (unpaired) electrons. The van der Waals surface area contributed by atoms with Crippen LogP contribution in [0.5, 0.6) is 0 Å². The first-order valence-corrected chi connectivity index (χ1v) is 6.36. The van der Waals surface area contributed by atoms with Gasteiger partial charge in [-0.05, 0) is 43.5 Å². The first-order chi connectivity index (χ1) is 9.63. The molecule has 5 heteroatoms. The minimum absolute atomic E-state index is 0.178. The average Bonchev–Trinajstić information content (AvgIpc) is 2.43. The summed E-state index contributed by atoms with van der Waals surface area (Å²) in [7, 11) is 0. The Kier molecular flexibility index (Phi) is 4.65. The number of benzene rings is 1. The maximum Gasteiger partial charge on any atom is 0.250 e. The first kappa shape index (κ1) is 14.0. The summed E-state index contributed by atoms with van der Waals surface area (Å²) in [4.78, 5) is 13.6. The van der Waals surface area contributed by atoms with Gasteiger partial charge >= 0.3 is 0 Å². The lowest BCUT2D eigenvalue weighted by atomic mass is 10.1. The molecule has 0 amide bonds. The number of H-pyrrole nitrogens is 1. The first-order valence-electron chi connectivity index (χ1n) is 6.36. The predicted molar refractivity (Wildman–Crippen MR) is 78.5 cm³/mol. The zero-order chi connectivity index (χ0) is 14.4. The molecule has 0 bridgehead atoms. The van der Waals surface area contributed by atoms with E-state index in [0.717, 1.165) is 24.1 Å². The van der Waals surface area contributed by atoms with Crippen molar-refractivity contribution in [2.45, 2.75) is 19.8 Å². The monoisotopic (exact) mass is 273 g/mol. The lowest BCUT2D eigenvalue weighted by Gasteiger charge is -2.03. The molecule has 0 aliphatic rings. The molecule has 2 aromatic rings. The fourth-order valence-electron chi connectivity index (χ4n) is 1.75. The minimum atomic E-state index is -0.223. The average molecular weight is 273 g/mol. The summed E-state index contributed by atoms with van der Waals surface area (Å²) in [6, 6.07) is 9.71. The molecule has 0 atom stereocenters. The molecule has 4 nitrogen and oxygen atoms in total. The maximum absolute atomic E-state index is 13.0. The summed E-state index contributed by atoms with van der Waals surface area (Å²) in [6.07, 6.45) is 3.01. The maximum atomic E-state index is 13.0. The van der Waals surface area contributed by atoms with Crippen LogP contribution in [0.4, 0.5) is 10.1 Å². The van der Waals surface area contributed by atoms with Gasteiger partial charge in [-0.2, -0.15) is 5.10 Å². The van der Waals surface area contributed by atoms with E-state index in [-0.39, 0.29) is 11.4 Å². The highest BCUT2D eigenvalue weighted by Gasteiger charge is 1.98. The van der Waals surface area contributed by atoms with Crippen molar-refractivity contribution >= 4 is 11.4 Å². The second-order valence-electron chi connectivity index (χ2n) is 4.53. The van der Waals surface area contributed by atoms with Crippen LogP contribution in [-0.2, 0) is 6.42 Å². The smallest absolute Gasteiger partial charge is 0.250 e. The van der Waals surface area contributed by atoms with Gasteiger partial charge in [0.2, 0.25) is 5.56 Å². The van der Waals surface area contributed by atoms with E-state index in [1.165, 1.54) is 18.2 Å². The quantitative estimate of drug-likeness (QED) is 0.650. The fraction of sp³-hybridized carbons (Fsp3) is 0.200. The van der Waals surface area contributed by atoms with Crippen LogP contribution in [0.15, 0.2) is 52.5 Å². The molecule has 0 saturated carbocycles. The van der Waals surface area contributed by atoms with Crippen molar-refractivity contribution in [3.05, 3.63) is 64.3 Å². The molecule has 0 spiro atoms. The number of aromatic nitrogens is 1. The lowest BCUT2D eigenvalue weighted by molar-refractivity contribution is 0.625. The van der Waals surface area contributed by atoms with E-state index in [9.17, 15) is 9.18 Å². The van der Waals surface area contributed by atoms with Gasteiger partial charge in [0.05, 0.1) is 5.69 Å². The van der Waals surface area contributed by atoms with Gasteiger partial charge in [0.25, 0.3) is 0 Å². The van der Waals surface area contributed by atoms with E-state index < -0.39 is 0 Å². The number of nitrogens with one attached hydrogen (secondary N) is 2. The summed E-state index contributed by atoms with van der Waals surface area (Å²) < 4.78 is 13.0. The van der Waals surface area contributed by atoms with Gasteiger partial charge in [0, 0.05) is 18.0 Å². The molecular formula is C15H16FN3O. The zero-order valence-electron chi connectivity index (χ0n) is 11.2. The zero-order valence-corrected chi connectivity index (χ0v) is 11.2. The second-order valence-corrected chi connectivity index (χ2v) is 4.53. The van der Waals surface area contributed by atoms with Crippen molar-refractivity contribution in [2.24, 2.45) is 5.10 Å². The Labute approximate surface area is 116 Å². The van der Waals surface area contributed by atoms with Crippen LogP contribution in [0.25, 0.3) is 0 Å². The summed E-state index contributed by atoms with van der Waals surface area (Å²) in [5.74, 6) is -0.223. The third kappa shape index (κ3) is 4.35. The van der Waals surface area contributed by atoms with Crippen molar-refractivity contribution < 1.29 is 4.39 Å². The van der Waals surface area contributed by atoms with Gasteiger partial charge in [-0.25, -0.2) is 4.39 Å². The molecule has 2 N–H and O–H groups in total. The van der Waals surface area contributed by atoms with Crippen molar-refractivity contribution in [1.29, 1.82) is 0 Å². The highest BCUT2D eigenvalue weighted by molar-refractivity contribution is 5.82. The normalized spacial score (nSPS) is 11.4. The number of halogens is 1. The number of aryl methyl sites for hydroxylation is 1. The van der Waals surface area contributed by atoms with Crippen LogP contribution in [0.3, 0.4) is 0 Å². The van der Waals surface area contributed by atoms with Crippen LogP contribution in [0, 0.1) is 5.82 Å². The number of aromatic amines is 1. The van der Waals surface area contributed by atoms with E-state index in [1.807, 2.05) is 13.0 Å². The lowest BCUT2D eigenvalue weighted by Crippen LogP contribution is -2.05. The van der Waals surface area contributed by atoms with E-state index in [0.29, 0.717) is 5.69 Å². The van der Waals surface area contributed by atoms with Crippen LogP contribution in [-0.4, -0.2) is 10.7 Å². The third-order valence-electron chi connectivity index (χ3n) is 2.82. The molecule has 0 unspecified atom stereocenters. The van der Waals surface area contributed by atoms with Crippen molar-refractivity contribution in [2.75, 3.05) is 5.43 Å². The van der Waals surface area contributed by atoms with Gasteiger partial charge in [0.1, 0.15) is 5.82 Å². The predicted octanol–water partition coefficient (Wildman–Crippen LogP) is 2.93. The molecule has 104 valence electrons. The number of pyridine rings is 1. The highest BCUT2D eigenvalue weighted by Crippen LogP contribution is 2.07. The third-order valence-corrected chi connectivity index (χ3v) is 2.82. The van der Waals surface area contributed by atoms with Crippen molar-refractivity contribution in [1.82, 2.24) is 4.98 Å². The number of nitrogens with zero attached hydrogens (tertiary/aromatic N) is 1. The Hall–Kier alpha value is -2.43. The van der Waals surface area contributed by atoms with Gasteiger partial charge in [-0.15, -0.1) is 0 Å². The fourth-order valence-corrected chi connectivity index (χ4v) is 1.75. The Morgan fingerprint density at radius 1 is 1.35 bits per heavy atom. The number of hydrogen-bond donors (Lipinski definition) is 2. The van der Waals surface area contributed by atoms with Crippen LogP contribution in [0.2, 0.25) is 0 Å². The van der Waals surface area contributed by atoms with Crippen LogP contribution >= 0.6 is 0 Å². The minimum Gasteiger partial charge on any atom is -0.329 e. The van der Waals surface area contributed by atoms with Crippen LogP contribution < -0.4 is 11.0 Å². The Bertz CT molecular complexity index is 664. The van der Waals surface area contributed by atoms with Crippen LogP contribution in [0.1, 0.15) is 18.9 Å². The number of anilines is 1. The molecule has 0 saturated heterocycles. The molecule has 2 rings (SSSR count).